The van der Waals surface area contributed by atoms with E-state index in [2.05, 4.69) is 52.7 Å². The molecule has 2 amide bonds. The summed E-state index contributed by atoms with van der Waals surface area (Å²) in [6, 6.07) is 18.4. The molecule has 0 aliphatic heterocycles. The number of nitrogens with zero attached hydrogens (tertiary/aromatic N) is 1. The lowest BCUT2D eigenvalue weighted by Gasteiger charge is -2.21. The molecule has 0 atom stereocenters. The molecular formula is C18H20N4O. The second-order valence-corrected chi connectivity index (χ2v) is 5.35. The zero-order chi connectivity index (χ0) is 16.2. The topological polar surface area (TPSA) is 56.4 Å². The van der Waals surface area contributed by atoms with Gasteiger partial charge in [0.15, 0.2) is 0 Å². The van der Waals surface area contributed by atoms with Gasteiger partial charge in [0, 0.05) is 13.6 Å². The van der Waals surface area contributed by atoms with Crippen molar-refractivity contribution in [3.05, 3.63) is 54.6 Å². The monoisotopic (exact) mass is 308 g/mol. The first-order valence-electron chi connectivity index (χ1n) is 7.64. The highest BCUT2D eigenvalue weighted by Crippen LogP contribution is 2.28. The van der Waals surface area contributed by atoms with Crippen LogP contribution in [0.15, 0.2) is 54.6 Å². The standard InChI is InChI=1S/C18H20N4O/c1-3-19-20-18(23)21-22(2)15-11-10-14-9-8-13-6-4-5-7-16(13)17(14)12-15/h4-12,19H,3H2,1-2H3,(H2,20,21,23). The van der Waals surface area contributed by atoms with Crippen LogP contribution in [0.25, 0.3) is 21.5 Å². The highest BCUT2D eigenvalue weighted by molar-refractivity contribution is 6.08. The molecule has 0 saturated heterocycles. The zero-order valence-corrected chi connectivity index (χ0v) is 13.3. The SMILES string of the molecule is CCNNC(=O)NN(C)c1ccc2ccc3ccccc3c2c1. The van der Waals surface area contributed by atoms with E-state index in [9.17, 15) is 4.79 Å². The van der Waals surface area contributed by atoms with Gasteiger partial charge in [-0.1, -0.05) is 49.4 Å². The van der Waals surface area contributed by atoms with E-state index in [0.29, 0.717) is 6.54 Å². The van der Waals surface area contributed by atoms with Crippen LogP contribution in [0, 0.1) is 0 Å². The normalized spacial score (nSPS) is 10.7. The van der Waals surface area contributed by atoms with E-state index >= 15 is 0 Å². The molecule has 0 fully saturated rings. The number of benzene rings is 3. The first-order chi connectivity index (χ1) is 11.2. The molecule has 0 unspecified atom stereocenters. The molecule has 0 bridgehead atoms. The number of hydrogen-bond donors (Lipinski definition) is 3. The molecule has 0 spiro atoms. The van der Waals surface area contributed by atoms with Crippen molar-refractivity contribution in [2.24, 2.45) is 0 Å². The van der Waals surface area contributed by atoms with Gasteiger partial charge < -0.3 is 0 Å². The average molecular weight is 308 g/mol. The van der Waals surface area contributed by atoms with Gasteiger partial charge in [0.25, 0.3) is 0 Å². The summed E-state index contributed by atoms with van der Waals surface area (Å²) in [4.78, 5) is 11.7. The largest absolute Gasteiger partial charge is 0.347 e. The molecule has 118 valence electrons. The molecule has 0 aliphatic carbocycles. The number of anilines is 1. The summed E-state index contributed by atoms with van der Waals surface area (Å²) in [7, 11) is 1.82. The van der Waals surface area contributed by atoms with Crippen LogP contribution in [-0.4, -0.2) is 19.6 Å². The molecule has 3 rings (SSSR count). The van der Waals surface area contributed by atoms with Crippen LogP contribution in [0.5, 0.6) is 0 Å². The van der Waals surface area contributed by atoms with E-state index in [0.717, 1.165) is 5.69 Å². The van der Waals surface area contributed by atoms with Crippen LogP contribution in [0.3, 0.4) is 0 Å². The molecule has 3 aromatic carbocycles. The fourth-order valence-electron chi connectivity index (χ4n) is 2.61. The number of rotatable bonds is 4. The Morgan fingerprint density at radius 3 is 2.48 bits per heavy atom. The summed E-state index contributed by atoms with van der Waals surface area (Å²) >= 11 is 0. The van der Waals surface area contributed by atoms with Gasteiger partial charge in [-0.05, 0) is 33.7 Å². The summed E-state index contributed by atoms with van der Waals surface area (Å²) in [6.07, 6.45) is 0. The van der Waals surface area contributed by atoms with Crippen molar-refractivity contribution in [1.29, 1.82) is 0 Å². The third-order valence-corrected chi connectivity index (χ3v) is 3.77. The van der Waals surface area contributed by atoms with E-state index in [4.69, 9.17) is 0 Å². The zero-order valence-electron chi connectivity index (χ0n) is 13.3. The Hall–Kier alpha value is -2.79. The molecule has 0 aromatic heterocycles. The van der Waals surface area contributed by atoms with Gasteiger partial charge in [-0.3, -0.25) is 10.4 Å². The van der Waals surface area contributed by atoms with E-state index in [-0.39, 0.29) is 6.03 Å². The smallest absolute Gasteiger partial charge is 0.287 e. The predicted molar refractivity (Wildman–Crippen MR) is 95.2 cm³/mol. The minimum absolute atomic E-state index is 0.299. The molecule has 0 aliphatic rings. The van der Waals surface area contributed by atoms with Crippen molar-refractivity contribution in [2.75, 3.05) is 18.6 Å². The number of urea groups is 1. The second kappa shape index (κ2) is 6.54. The van der Waals surface area contributed by atoms with Gasteiger partial charge in [-0.2, -0.15) is 0 Å². The Bertz CT molecular complexity index is 847. The lowest BCUT2D eigenvalue weighted by Crippen LogP contribution is -2.50. The van der Waals surface area contributed by atoms with Crippen molar-refractivity contribution >= 4 is 33.3 Å². The lowest BCUT2D eigenvalue weighted by atomic mass is 10.0. The van der Waals surface area contributed by atoms with Crippen LogP contribution >= 0.6 is 0 Å². The van der Waals surface area contributed by atoms with Crippen LogP contribution < -0.4 is 21.3 Å². The molecule has 3 N–H and O–H groups in total. The fourth-order valence-corrected chi connectivity index (χ4v) is 2.61. The number of carbonyl (C=O) groups excluding carboxylic acids is 1. The van der Waals surface area contributed by atoms with Crippen LogP contribution in [0.2, 0.25) is 0 Å². The third-order valence-electron chi connectivity index (χ3n) is 3.77. The van der Waals surface area contributed by atoms with Crippen molar-refractivity contribution in [1.82, 2.24) is 16.3 Å². The lowest BCUT2D eigenvalue weighted by molar-refractivity contribution is 0.236. The van der Waals surface area contributed by atoms with Gasteiger partial charge in [-0.25, -0.2) is 15.6 Å². The van der Waals surface area contributed by atoms with Crippen molar-refractivity contribution in [3.63, 3.8) is 0 Å². The maximum atomic E-state index is 11.7. The first kappa shape index (κ1) is 15.1. The van der Waals surface area contributed by atoms with E-state index in [1.807, 2.05) is 32.2 Å². The number of hydrazine groups is 2. The third kappa shape index (κ3) is 3.19. The number of amides is 2. The minimum atomic E-state index is -0.299. The number of hydrogen-bond acceptors (Lipinski definition) is 3. The Labute approximate surface area is 135 Å². The van der Waals surface area contributed by atoms with Crippen molar-refractivity contribution in [3.8, 4) is 0 Å². The summed E-state index contributed by atoms with van der Waals surface area (Å²) < 4.78 is 0. The average Bonchev–Trinajstić information content (AvgIpc) is 2.59. The first-order valence-corrected chi connectivity index (χ1v) is 7.64. The summed E-state index contributed by atoms with van der Waals surface area (Å²) in [5, 5.41) is 6.46. The molecule has 0 radical (unpaired) electrons. The number of carbonyl (C=O) groups is 1. The van der Waals surface area contributed by atoms with Gasteiger partial charge in [0.05, 0.1) is 5.69 Å². The van der Waals surface area contributed by atoms with Gasteiger partial charge in [-0.15, -0.1) is 0 Å². The molecule has 0 heterocycles. The number of nitrogens with one attached hydrogen (secondary N) is 3. The Morgan fingerprint density at radius 2 is 1.70 bits per heavy atom. The van der Waals surface area contributed by atoms with Crippen LogP contribution in [0.4, 0.5) is 10.5 Å². The van der Waals surface area contributed by atoms with Gasteiger partial charge in [0.2, 0.25) is 0 Å². The van der Waals surface area contributed by atoms with Crippen LogP contribution in [-0.2, 0) is 0 Å². The Balaban J connectivity index is 1.92. The molecule has 5 heteroatoms. The van der Waals surface area contributed by atoms with Crippen LogP contribution in [0.1, 0.15) is 6.92 Å². The fraction of sp³-hybridized carbons (Fsp3) is 0.167. The number of fused-ring (bicyclic) bond motifs is 3. The molecule has 23 heavy (non-hydrogen) atoms. The van der Waals surface area contributed by atoms with Gasteiger partial charge in [0.1, 0.15) is 0 Å². The molecular weight excluding hydrogens is 288 g/mol. The molecule has 3 aromatic rings. The van der Waals surface area contributed by atoms with E-state index in [1.54, 1.807) is 5.01 Å². The molecule has 5 nitrogen and oxygen atoms in total. The van der Waals surface area contributed by atoms with Gasteiger partial charge >= 0.3 is 6.03 Å². The molecule has 0 saturated carbocycles. The summed E-state index contributed by atoms with van der Waals surface area (Å²) in [5.74, 6) is 0. The Kier molecular flexibility index (Phi) is 4.30. The summed E-state index contributed by atoms with van der Waals surface area (Å²) in [5.41, 5.74) is 9.01. The minimum Gasteiger partial charge on any atom is -0.287 e. The maximum Gasteiger partial charge on any atom is 0.347 e. The summed E-state index contributed by atoms with van der Waals surface area (Å²) in [6.45, 7) is 2.58. The van der Waals surface area contributed by atoms with Crippen molar-refractivity contribution < 1.29 is 4.79 Å². The highest BCUT2D eigenvalue weighted by atomic mass is 16.2. The quantitative estimate of drug-likeness (QED) is 0.512. The second-order valence-electron chi connectivity index (χ2n) is 5.35. The Morgan fingerprint density at radius 1 is 1.00 bits per heavy atom. The van der Waals surface area contributed by atoms with E-state index < -0.39 is 0 Å². The predicted octanol–water partition coefficient (Wildman–Crippen LogP) is 3.17. The maximum absolute atomic E-state index is 11.7. The van der Waals surface area contributed by atoms with E-state index in [1.165, 1.54) is 21.5 Å². The van der Waals surface area contributed by atoms with Crippen molar-refractivity contribution in [2.45, 2.75) is 6.92 Å². The highest BCUT2D eigenvalue weighted by Gasteiger charge is 2.07.